The van der Waals surface area contributed by atoms with Crippen molar-refractivity contribution in [3.8, 4) is 0 Å². The van der Waals surface area contributed by atoms with Gasteiger partial charge < -0.3 is 10.0 Å². The van der Waals surface area contributed by atoms with Gasteiger partial charge in [-0.25, -0.2) is 12.8 Å². The van der Waals surface area contributed by atoms with Crippen LogP contribution in [0.4, 0.5) is 10.1 Å². The molecule has 1 aromatic rings. The summed E-state index contributed by atoms with van der Waals surface area (Å²) in [5.74, 6) is -2.25. The SMILES string of the molecule is CC1(C(=O)O)CCN(C(=O)c2ccc(F)c(NS(C)(=O)=O)c2)C1. The minimum atomic E-state index is -3.68. The van der Waals surface area contributed by atoms with Crippen molar-refractivity contribution in [1.82, 2.24) is 4.90 Å². The van der Waals surface area contributed by atoms with Crippen LogP contribution in [-0.4, -0.2) is 49.6 Å². The van der Waals surface area contributed by atoms with Gasteiger partial charge in [-0.3, -0.25) is 14.3 Å². The van der Waals surface area contributed by atoms with Gasteiger partial charge in [-0.2, -0.15) is 0 Å². The molecule has 126 valence electrons. The number of carbonyl (C=O) groups is 2. The molecule has 23 heavy (non-hydrogen) atoms. The van der Waals surface area contributed by atoms with Crippen LogP contribution in [-0.2, 0) is 14.8 Å². The van der Waals surface area contributed by atoms with E-state index in [1.165, 1.54) is 11.0 Å². The topological polar surface area (TPSA) is 104 Å². The van der Waals surface area contributed by atoms with Crippen LogP contribution < -0.4 is 4.72 Å². The Morgan fingerprint density at radius 2 is 2.04 bits per heavy atom. The summed E-state index contributed by atoms with van der Waals surface area (Å²) in [6, 6.07) is 3.34. The fraction of sp³-hybridized carbons (Fsp3) is 0.429. The van der Waals surface area contributed by atoms with Crippen LogP contribution in [0.1, 0.15) is 23.7 Å². The smallest absolute Gasteiger partial charge is 0.311 e. The summed E-state index contributed by atoms with van der Waals surface area (Å²) in [6.07, 6.45) is 1.20. The van der Waals surface area contributed by atoms with Gasteiger partial charge in [-0.1, -0.05) is 0 Å². The van der Waals surface area contributed by atoms with Crippen LogP contribution >= 0.6 is 0 Å². The third kappa shape index (κ3) is 3.79. The predicted molar refractivity (Wildman–Crippen MR) is 81.1 cm³/mol. The van der Waals surface area contributed by atoms with Crippen molar-refractivity contribution in [2.24, 2.45) is 5.41 Å². The molecule has 7 nitrogen and oxygen atoms in total. The lowest BCUT2D eigenvalue weighted by molar-refractivity contribution is -0.147. The zero-order chi connectivity index (χ0) is 17.4. The summed E-state index contributed by atoms with van der Waals surface area (Å²) in [6.45, 7) is 1.88. The number of carboxylic acid groups (broad SMARTS) is 1. The number of aliphatic carboxylic acids is 1. The third-order valence-electron chi connectivity index (χ3n) is 3.79. The number of carbonyl (C=O) groups excluding carboxylic acids is 1. The van der Waals surface area contributed by atoms with Crippen LogP contribution in [0.5, 0.6) is 0 Å². The number of sulfonamides is 1. The number of carboxylic acids is 1. The maximum absolute atomic E-state index is 13.6. The number of rotatable bonds is 4. The van der Waals surface area contributed by atoms with Gasteiger partial charge in [0, 0.05) is 18.7 Å². The van der Waals surface area contributed by atoms with Gasteiger partial charge in [0.25, 0.3) is 5.91 Å². The molecule has 2 rings (SSSR count). The van der Waals surface area contributed by atoms with Gasteiger partial charge in [-0.15, -0.1) is 0 Å². The van der Waals surface area contributed by atoms with Crippen molar-refractivity contribution >= 4 is 27.6 Å². The molecule has 1 fully saturated rings. The molecule has 0 spiro atoms. The average Bonchev–Trinajstić information content (AvgIpc) is 2.83. The highest BCUT2D eigenvalue weighted by Gasteiger charge is 2.42. The molecule has 1 aliphatic rings. The molecule has 1 heterocycles. The quantitative estimate of drug-likeness (QED) is 0.852. The highest BCUT2D eigenvalue weighted by molar-refractivity contribution is 7.92. The molecular weight excluding hydrogens is 327 g/mol. The molecule has 9 heteroatoms. The normalized spacial score (nSPS) is 21.3. The standard InChI is InChI=1S/C14H17FN2O5S/c1-14(13(19)20)5-6-17(8-14)12(18)9-3-4-10(15)11(7-9)16-23(2,21)22/h3-4,7,16H,5-6,8H2,1-2H3,(H,19,20). The van der Waals surface area contributed by atoms with E-state index in [0.29, 0.717) is 6.42 Å². The van der Waals surface area contributed by atoms with Crippen LogP contribution in [0.3, 0.4) is 0 Å². The van der Waals surface area contributed by atoms with Gasteiger partial charge in [0.2, 0.25) is 10.0 Å². The number of anilines is 1. The van der Waals surface area contributed by atoms with Crippen molar-refractivity contribution in [3.05, 3.63) is 29.6 Å². The van der Waals surface area contributed by atoms with E-state index in [1.807, 2.05) is 4.72 Å². The first kappa shape index (κ1) is 17.2. The number of hydrogen-bond acceptors (Lipinski definition) is 4. The van der Waals surface area contributed by atoms with Gasteiger partial charge in [0.15, 0.2) is 0 Å². The van der Waals surface area contributed by atoms with E-state index in [9.17, 15) is 27.5 Å². The van der Waals surface area contributed by atoms with Gasteiger partial charge in [0.05, 0.1) is 17.4 Å². The molecule has 0 saturated carbocycles. The molecule has 1 amide bonds. The predicted octanol–water partition coefficient (Wildman–Crippen LogP) is 1.13. The Labute approximate surface area is 133 Å². The van der Waals surface area contributed by atoms with E-state index in [4.69, 9.17) is 0 Å². The molecule has 1 saturated heterocycles. The fourth-order valence-corrected chi connectivity index (χ4v) is 2.98. The summed E-state index contributed by atoms with van der Waals surface area (Å²) in [5, 5.41) is 9.19. The maximum atomic E-state index is 13.6. The van der Waals surface area contributed by atoms with Crippen molar-refractivity contribution in [1.29, 1.82) is 0 Å². The Morgan fingerprint density at radius 3 is 2.57 bits per heavy atom. The number of nitrogens with zero attached hydrogens (tertiary/aromatic N) is 1. The highest BCUT2D eigenvalue weighted by atomic mass is 32.2. The lowest BCUT2D eigenvalue weighted by Gasteiger charge is -2.20. The fourth-order valence-electron chi connectivity index (χ4n) is 2.43. The second-order valence-corrected chi connectivity index (χ2v) is 7.66. The molecule has 0 aromatic heterocycles. The Balaban J connectivity index is 2.24. The molecule has 1 aromatic carbocycles. The van der Waals surface area contributed by atoms with Crippen LogP contribution in [0.15, 0.2) is 18.2 Å². The summed E-state index contributed by atoms with van der Waals surface area (Å²) < 4.78 is 38.1. The zero-order valence-corrected chi connectivity index (χ0v) is 13.5. The number of amides is 1. The molecule has 0 radical (unpaired) electrons. The number of hydrogen-bond donors (Lipinski definition) is 2. The van der Waals surface area contributed by atoms with Crippen molar-refractivity contribution in [2.75, 3.05) is 24.1 Å². The van der Waals surface area contributed by atoms with Crippen LogP contribution in [0.25, 0.3) is 0 Å². The Bertz CT molecular complexity index is 764. The van der Waals surface area contributed by atoms with Gasteiger partial charge in [-0.05, 0) is 31.5 Å². The minimum Gasteiger partial charge on any atom is -0.481 e. The number of likely N-dealkylation sites (tertiary alicyclic amines) is 1. The Kier molecular flexibility index (Phi) is 4.34. The molecular formula is C14H17FN2O5S. The van der Waals surface area contributed by atoms with Crippen molar-refractivity contribution in [3.63, 3.8) is 0 Å². The van der Waals surface area contributed by atoms with E-state index in [1.54, 1.807) is 6.92 Å². The molecule has 1 atom stereocenters. The minimum absolute atomic E-state index is 0.0490. The number of benzene rings is 1. The third-order valence-corrected chi connectivity index (χ3v) is 4.38. The Hall–Kier alpha value is -2.16. The lowest BCUT2D eigenvalue weighted by atomic mass is 9.90. The highest BCUT2D eigenvalue weighted by Crippen LogP contribution is 2.31. The lowest BCUT2D eigenvalue weighted by Crippen LogP contribution is -2.34. The monoisotopic (exact) mass is 344 g/mol. The van der Waals surface area contributed by atoms with E-state index >= 15 is 0 Å². The summed E-state index contributed by atoms with van der Waals surface area (Å²) in [7, 11) is -3.68. The second-order valence-electron chi connectivity index (χ2n) is 5.91. The summed E-state index contributed by atoms with van der Waals surface area (Å²) >= 11 is 0. The first-order valence-electron chi connectivity index (χ1n) is 6.82. The molecule has 1 aliphatic heterocycles. The molecule has 2 N–H and O–H groups in total. The molecule has 1 unspecified atom stereocenters. The first-order chi connectivity index (χ1) is 10.5. The summed E-state index contributed by atoms with van der Waals surface area (Å²) in [5.41, 5.74) is -1.24. The largest absolute Gasteiger partial charge is 0.481 e. The van der Waals surface area contributed by atoms with E-state index in [2.05, 4.69) is 0 Å². The molecule has 0 bridgehead atoms. The Morgan fingerprint density at radius 1 is 1.39 bits per heavy atom. The molecule has 0 aliphatic carbocycles. The zero-order valence-electron chi connectivity index (χ0n) is 12.7. The van der Waals surface area contributed by atoms with Gasteiger partial charge >= 0.3 is 5.97 Å². The summed E-state index contributed by atoms with van der Waals surface area (Å²) in [4.78, 5) is 25.0. The van der Waals surface area contributed by atoms with E-state index in [-0.39, 0.29) is 24.3 Å². The number of halogens is 1. The van der Waals surface area contributed by atoms with Gasteiger partial charge in [0.1, 0.15) is 5.82 Å². The van der Waals surface area contributed by atoms with Crippen molar-refractivity contribution in [2.45, 2.75) is 13.3 Å². The maximum Gasteiger partial charge on any atom is 0.311 e. The first-order valence-corrected chi connectivity index (χ1v) is 8.71. The van der Waals surface area contributed by atoms with Crippen molar-refractivity contribution < 1.29 is 27.5 Å². The van der Waals surface area contributed by atoms with E-state index < -0.39 is 33.1 Å². The van der Waals surface area contributed by atoms with Crippen LogP contribution in [0, 0.1) is 11.2 Å². The second kappa shape index (κ2) is 5.80. The van der Waals surface area contributed by atoms with E-state index in [0.717, 1.165) is 18.4 Å². The van der Waals surface area contributed by atoms with Crippen LogP contribution in [0.2, 0.25) is 0 Å². The average molecular weight is 344 g/mol. The number of nitrogens with one attached hydrogen (secondary N) is 1.